The Bertz CT molecular complexity index is 623. The summed E-state index contributed by atoms with van der Waals surface area (Å²) < 4.78 is 5.43. The van der Waals surface area contributed by atoms with E-state index in [1.807, 2.05) is 23.1 Å². The van der Waals surface area contributed by atoms with E-state index in [1.54, 1.807) is 7.11 Å². The van der Waals surface area contributed by atoms with Gasteiger partial charge < -0.3 is 19.9 Å². The van der Waals surface area contributed by atoms with E-state index in [1.165, 1.54) is 0 Å². The van der Waals surface area contributed by atoms with Crippen LogP contribution in [0.15, 0.2) is 24.3 Å². The summed E-state index contributed by atoms with van der Waals surface area (Å²) in [5, 5.41) is 2.76. The van der Waals surface area contributed by atoms with Crippen molar-refractivity contribution in [1.82, 2.24) is 15.1 Å². The van der Waals surface area contributed by atoms with E-state index < -0.39 is 0 Å². The molecule has 1 aromatic carbocycles. The first-order valence-corrected chi connectivity index (χ1v) is 9.32. The van der Waals surface area contributed by atoms with E-state index in [0.717, 1.165) is 63.5 Å². The standard InChI is InChI=1S/C19H28N4O3/c1-26-17-7-3-2-6-16(17)22-12-10-21(11-13-22)15-18(24)20-14-19(25)23-8-4-5-9-23/h2-3,6-7H,4-5,8-15H2,1H3,(H,20,24). The van der Waals surface area contributed by atoms with E-state index in [4.69, 9.17) is 4.74 Å². The molecular formula is C19H28N4O3. The maximum atomic E-state index is 12.1. The van der Waals surface area contributed by atoms with Crippen LogP contribution < -0.4 is 15.0 Å². The highest BCUT2D eigenvalue weighted by Gasteiger charge is 2.22. The van der Waals surface area contributed by atoms with E-state index in [0.29, 0.717) is 6.54 Å². The fourth-order valence-electron chi connectivity index (χ4n) is 3.55. The van der Waals surface area contributed by atoms with Gasteiger partial charge >= 0.3 is 0 Å². The molecule has 1 N–H and O–H groups in total. The number of hydrogen-bond acceptors (Lipinski definition) is 5. The Morgan fingerprint density at radius 2 is 1.73 bits per heavy atom. The van der Waals surface area contributed by atoms with E-state index >= 15 is 0 Å². The smallest absolute Gasteiger partial charge is 0.241 e. The Hall–Kier alpha value is -2.28. The van der Waals surface area contributed by atoms with Crippen LogP contribution in [0.2, 0.25) is 0 Å². The molecule has 26 heavy (non-hydrogen) atoms. The maximum absolute atomic E-state index is 12.1. The van der Waals surface area contributed by atoms with Crippen molar-refractivity contribution in [3.05, 3.63) is 24.3 Å². The van der Waals surface area contributed by atoms with Crippen LogP contribution in [-0.2, 0) is 9.59 Å². The highest BCUT2D eigenvalue weighted by Crippen LogP contribution is 2.28. The quantitative estimate of drug-likeness (QED) is 0.803. The summed E-state index contributed by atoms with van der Waals surface area (Å²) in [7, 11) is 1.68. The summed E-state index contributed by atoms with van der Waals surface area (Å²) in [6.45, 7) is 5.41. The number of amides is 2. The summed E-state index contributed by atoms with van der Waals surface area (Å²) in [4.78, 5) is 30.3. The maximum Gasteiger partial charge on any atom is 0.241 e. The molecule has 0 unspecified atom stereocenters. The van der Waals surface area contributed by atoms with E-state index in [-0.39, 0.29) is 18.4 Å². The minimum absolute atomic E-state index is 0.0249. The van der Waals surface area contributed by atoms with Crippen LogP contribution in [0.5, 0.6) is 5.75 Å². The lowest BCUT2D eigenvalue weighted by Crippen LogP contribution is -2.50. The van der Waals surface area contributed by atoms with Crippen molar-refractivity contribution in [3.63, 3.8) is 0 Å². The lowest BCUT2D eigenvalue weighted by atomic mass is 10.2. The molecule has 0 spiro atoms. The number of methoxy groups -OCH3 is 1. The second kappa shape index (κ2) is 8.89. The number of nitrogens with zero attached hydrogens (tertiary/aromatic N) is 3. The van der Waals surface area contributed by atoms with Crippen LogP contribution in [0, 0.1) is 0 Å². The zero-order valence-corrected chi connectivity index (χ0v) is 15.4. The number of hydrogen-bond donors (Lipinski definition) is 1. The Labute approximate surface area is 154 Å². The Morgan fingerprint density at radius 3 is 2.42 bits per heavy atom. The van der Waals surface area contributed by atoms with Crippen molar-refractivity contribution in [2.75, 3.05) is 64.4 Å². The molecule has 2 fully saturated rings. The molecule has 2 aliphatic heterocycles. The number of para-hydroxylation sites is 2. The molecule has 142 valence electrons. The molecule has 7 nitrogen and oxygen atoms in total. The van der Waals surface area contributed by atoms with Gasteiger partial charge in [-0.15, -0.1) is 0 Å². The monoisotopic (exact) mass is 360 g/mol. The summed E-state index contributed by atoms with van der Waals surface area (Å²) >= 11 is 0. The third kappa shape index (κ3) is 4.66. The van der Waals surface area contributed by atoms with Crippen molar-refractivity contribution in [2.45, 2.75) is 12.8 Å². The normalized spacial score (nSPS) is 18.0. The van der Waals surface area contributed by atoms with Crippen LogP contribution >= 0.6 is 0 Å². The molecule has 0 saturated carbocycles. The zero-order valence-electron chi connectivity index (χ0n) is 15.4. The second-order valence-corrected chi connectivity index (χ2v) is 6.80. The van der Waals surface area contributed by atoms with Crippen LogP contribution in [0.1, 0.15) is 12.8 Å². The van der Waals surface area contributed by atoms with Gasteiger partial charge in [0.05, 0.1) is 25.9 Å². The highest BCUT2D eigenvalue weighted by atomic mass is 16.5. The molecule has 0 aliphatic carbocycles. The summed E-state index contributed by atoms with van der Waals surface area (Å²) in [6.07, 6.45) is 2.13. The van der Waals surface area contributed by atoms with Crippen LogP contribution in [-0.4, -0.2) is 81.1 Å². The van der Waals surface area contributed by atoms with Crippen molar-refractivity contribution < 1.29 is 14.3 Å². The van der Waals surface area contributed by atoms with Gasteiger partial charge in [-0.25, -0.2) is 0 Å². The molecule has 0 radical (unpaired) electrons. The largest absolute Gasteiger partial charge is 0.495 e. The summed E-state index contributed by atoms with van der Waals surface area (Å²) in [5.74, 6) is 0.819. The Kier molecular flexibility index (Phi) is 6.33. The first-order chi connectivity index (χ1) is 12.7. The first-order valence-electron chi connectivity index (χ1n) is 9.32. The Morgan fingerprint density at radius 1 is 1.04 bits per heavy atom. The lowest BCUT2D eigenvalue weighted by molar-refractivity contribution is -0.132. The topological polar surface area (TPSA) is 65.1 Å². The number of benzene rings is 1. The van der Waals surface area contributed by atoms with Crippen molar-refractivity contribution in [1.29, 1.82) is 0 Å². The molecule has 0 aromatic heterocycles. The molecule has 2 saturated heterocycles. The number of piperazine rings is 1. The number of ether oxygens (including phenoxy) is 1. The van der Waals surface area contributed by atoms with Crippen LogP contribution in [0.25, 0.3) is 0 Å². The molecule has 2 aliphatic rings. The fraction of sp³-hybridized carbons (Fsp3) is 0.579. The van der Waals surface area contributed by atoms with Crippen LogP contribution in [0.4, 0.5) is 5.69 Å². The molecular weight excluding hydrogens is 332 g/mol. The molecule has 0 atom stereocenters. The number of carbonyl (C=O) groups is 2. The van der Waals surface area contributed by atoms with E-state index in [9.17, 15) is 9.59 Å². The number of nitrogens with one attached hydrogen (secondary N) is 1. The average Bonchev–Trinajstić information content (AvgIpc) is 3.21. The van der Waals surface area contributed by atoms with Gasteiger partial charge in [-0.2, -0.15) is 0 Å². The molecule has 3 rings (SSSR count). The SMILES string of the molecule is COc1ccccc1N1CCN(CC(=O)NCC(=O)N2CCCC2)CC1. The molecule has 2 amide bonds. The number of carbonyl (C=O) groups excluding carboxylic acids is 2. The van der Waals surface area contributed by atoms with Crippen LogP contribution in [0.3, 0.4) is 0 Å². The van der Waals surface area contributed by atoms with Gasteiger partial charge in [0.25, 0.3) is 0 Å². The van der Waals surface area contributed by atoms with Gasteiger partial charge in [-0.3, -0.25) is 14.5 Å². The van der Waals surface area contributed by atoms with Crippen molar-refractivity contribution in [2.24, 2.45) is 0 Å². The molecule has 0 bridgehead atoms. The number of likely N-dealkylation sites (tertiary alicyclic amines) is 1. The molecule has 1 aromatic rings. The highest BCUT2D eigenvalue weighted by molar-refractivity contribution is 5.85. The zero-order chi connectivity index (χ0) is 18.4. The predicted octanol–water partition coefficient (Wildman–Crippen LogP) is 0.556. The lowest BCUT2D eigenvalue weighted by Gasteiger charge is -2.36. The van der Waals surface area contributed by atoms with Crippen molar-refractivity contribution in [3.8, 4) is 5.75 Å². The molecule has 7 heteroatoms. The summed E-state index contributed by atoms with van der Waals surface area (Å²) in [5.41, 5.74) is 1.09. The third-order valence-corrected chi connectivity index (χ3v) is 5.06. The third-order valence-electron chi connectivity index (χ3n) is 5.06. The van der Waals surface area contributed by atoms with Crippen molar-refractivity contribution >= 4 is 17.5 Å². The van der Waals surface area contributed by atoms with Gasteiger partial charge in [-0.05, 0) is 25.0 Å². The van der Waals surface area contributed by atoms with Gasteiger partial charge in [0, 0.05) is 39.3 Å². The second-order valence-electron chi connectivity index (χ2n) is 6.80. The van der Waals surface area contributed by atoms with Gasteiger partial charge in [0.1, 0.15) is 5.75 Å². The van der Waals surface area contributed by atoms with Gasteiger partial charge in [0.2, 0.25) is 11.8 Å². The average molecular weight is 360 g/mol. The summed E-state index contributed by atoms with van der Waals surface area (Å²) in [6, 6.07) is 8.00. The Balaban J connectivity index is 1.40. The number of anilines is 1. The minimum Gasteiger partial charge on any atom is -0.495 e. The van der Waals surface area contributed by atoms with E-state index in [2.05, 4.69) is 21.2 Å². The predicted molar refractivity (Wildman–Crippen MR) is 100 cm³/mol. The molecule has 2 heterocycles. The van der Waals surface area contributed by atoms with Gasteiger partial charge in [-0.1, -0.05) is 12.1 Å². The van der Waals surface area contributed by atoms with Gasteiger partial charge in [0.15, 0.2) is 0 Å². The minimum atomic E-state index is -0.0803. The fourth-order valence-corrected chi connectivity index (χ4v) is 3.55. The first kappa shape index (κ1) is 18.5. The number of rotatable bonds is 6.